The van der Waals surface area contributed by atoms with Gasteiger partial charge in [0.2, 0.25) is 15.9 Å². The summed E-state index contributed by atoms with van der Waals surface area (Å²) in [6.07, 6.45) is 6.29. The molecule has 1 aliphatic rings. The van der Waals surface area contributed by atoms with E-state index < -0.39 is 15.9 Å². The molecule has 1 atom stereocenters. The van der Waals surface area contributed by atoms with Gasteiger partial charge in [-0.25, -0.2) is 8.42 Å². The van der Waals surface area contributed by atoms with Crippen molar-refractivity contribution in [3.05, 3.63) is 63.1 Å². The van der Waals surface area contributed by atoms with Gasteiger partial charge in [-0.05, 0) is 67.0 Å². The predicted octanol–water partition coefficient (Wildman–Crippen LogP) is 4.91. The van der Waals surface area contributed by atoms with Gasteiger partial charge in [0.1, 0.15) is 6.54 Å². The van der Waals surface area contributed by atoms with Crippen LogP contribution in [0.1, 0.15) is 48.9 Å². The number of nitrogens with one attached hydrogen (secondary N) is 1. The third-order valence-corrected chi connectivity index (χ3v) is 7.06. The molecule has 0 radical (unpaired) electrons. The van der Waals surface area contributed by atoms with Gasteiger partial charge < -0.3 is 5.32 Å². The van der Waals surface area contributed by atoms with Crippen LogP contribution >= 0.6 is 23.2 Å². The summed E-state index contributed by atoms with van der Waals surface area (Å²) in [5.74, 6) is -0.402. The molecule has 0 aromatic heterocycles. The highest BCUT2D eigenvalue weighted by atomic mass is 35.5. The van der Waals surface area contributed by atoms with Crippen molar-refractivity contribution < 1.29 is 13.2 Å². The first kappa shape index (κ1) is 22.9. The Balaban J connectivity index is 1.79. The molecule has 162 valence electrons. The molecule has 5 nitrogen and oxygen atoms in total. The van der Waals surface area contributed by atoms with Gasteiger partial charge in [-0.1, -0.05) is 48.3 Å². The van der Waals surface area contributed by atoms with Gasteiger partial charge in [0.05, 0.1) is 23.0 Å². The number of nitrogens with zero attached hydrogens (tertiary/aromatic N) is 1. The van der Waals surface area contributed by atoms with Crippen LogP contribution in [0.4, 0.5) is 5.69 Å². The lowest BCUT2D eigenvalue weighted by molar-refractivity contribution is -0.120. The molecule has 1 amide bonds. The number of hydrogen-bond donors (Lipinski definition) is 1. The van der Waals surface area contributed by atoms with Crippen LogP contribution in [-0.2, 0) is 27.7 Å². The Morgan fingerprint density at radius 3 is 2.47 bits per heavy atom. The normalized spacial score (nSPS) is 14.7. The smallest absolute Gasteiger partial charge is 0.241 e. The van der Waals surface area contributed by atoms with Gasteiger partial charge in [-0.15, -0.1) is 0 Å². The number of halogens is 2. The quantitative estimate of drug-likeness (QED) is 0.627. The fourth-order valence-corrected chi connectivity index (χ4v) is 5.12. The van der Waals surface area contributed by atoms with Gasteiger partial charge in [-0.2, -0.15) is 0 Å². The highest BCUT2D eigenvalue weighted by Gasteiger charge is 2.25. The van der Waals surface area contributed by atoms with Crippen molar-refractivity contribution in [2.75, 3.05) is 17.1 Å². The van der Waals surface area contributed by atoms with Crippen LogP contribution < -0.4 is 9.62 Å². The molecular formula is C22H26Cl2N2O3S. The van der Waals surface area contributed by atoms with E-state index in [0.29, 0.717) is 11.4 Å². The predicted molar refractivity (Wildman–Crippen MR) is 123 cm³/mol. The molecule has 0 aliphatic heterocycles. The molecule has 2 aromatic carbocycles. The maximum Gasteiger partial charge on any atom is 0.241 e. The number of aryl methyl sites for hydroxylation is 2. The van der Waals surface area contributed by atoms with E-state index in [1.165, 1.54) is 36.1 Å². The second-order valence-electron chi connectivity index (χ2n) is 7.63. The maximum atomic E-state index is 12.8. The third-order valence-electron chi connectivity index (χ3n) is 5.38. The molecule has 1 aliphatic carbocycles. The van der Waals surface area contributed by atoms with E-state index in [0.717, 1.165) is 29.0 Å². The van der Waals surface area contributed by atoms with E-state index >= 15 is 0 Å². The zero-order valence-corrected chi connectivity index (χ0v) is 19.4. The topological polar surface area (TPSA) is 66.5 Å². The Kier molecular flexibility index (Phi) is 7.32. The number of amides is 1. The standard InChI is InChI=1S/C22H26Cl2N2O3S/c1-3-20(17-9-8-15-6-4-5-7-16(15)12-17)25-22(27)14-26(30(2,28)29)21-13-18(23)10-11-19(21)24/h8-13,20H,3-7,14H2,1-2H3,(H,25,27)/t20-/m1/s1. The van der Waals surface area contributed by atoms with Gasteiger partial charge in [0.25, 0.3) is 0 Å². The molecule has 0 fully saturated rings. The summed E-state index contributed by atoms with van der Waals surface area (Å²) >= 11 is 12.2. The lowest BCUT2D eigenvalue weighted by Crippen LogP contribution is -2.41. The van der Waals surface area contributed by atoms with Gasteiger partial charge in [0.15, 0.2) is 0 Å². The maximum absolute atomic E-state index is 12.8. The van der Waals surface area contributed by atoms with Gasteiger partial charge in [-0.3, -0.25) is 9.10 Å². The Bertz CT molecular complexity index is 1040. The summed E-state index contributed by atoms with van der Waals surface area (Å²) in [5.41, 5.74) is 3.95. The molecular weight excluding hydrogens is 443 g/mol. The first-order chi connectivity index (χ1) is 14.2. The molecule has 30 heavy (non-hydrogen) atoms. The summed E-state index contributed by atoms with van der Waals surface area (Å²) in [7, 11) is -3.74. The monoisotopic (exact) mass is 468 g/mol. The minimum Gasteiger partial charge on any atom is -0.348 e. The second-order valence-corrected chi connectivity index (χ2v) is 10.4. The highest BCUT2D eigenvalue weighted by Crippen LogP contribution is 2.31. The molecule has 0 bridgehead atoms. The Morgan fingerprint density at radius 1 is 1.10 bits per heavy atom. The van der Waals surface area contributed by atoms with Crippen LogP contribution in [0.25, 0.3) is 0 Å². The molecule has 0 saturated carbocycles. The highest BCUT2D eigenvalue weighted by molar-refractivity contribution is 7.92. The van der Waals surface area contributed by atoms with Crippen molar-refractivity contribution in [2.45, 2.75) is 45.1 Å². The van der Waals surface area contributed by atoms with Crippen molar-refractivity contribution in [3.63, 3.8) is 0 Å². The number of fused-ring (bicyclic) bond motifs is 1. The number of sulfonamides is 1. The largest absolute Gasteiger partial charge is 0.348 e. The number of carbonyl (C=O) groups is 1. The molecule has 0 heterocycles. The van der Waals surface area contributed by atoms with Crippen molar-refractivity contribution in [1.82, 2.24) is 5.32 Å². The van der Waals surface area contributed by atoms with Crippen molar-refractivity contribution in [3.8, 4) is 0 Å². The minimum absolute atomic E-state index is 0.184. The van der Waals surface area contributed by atoms with Crippen LogP contribution in [0.3, 0.4) is 0 Å². The van der Waals surface area contributed by atoms with Crippen LogP contribution in [0.5, 0.6) is 0 Å². The summed E-state index contributed by atoms with van der Waals surface area (Å²) in [6, 6.07) is 10.7. The molecule has 0 unspecified atom stereocenters. The van der Waals surface area contributed by atoms with Crippen molar-refractivity contribution in [1.29, 1.82) is 0 Å². The van der Waals surface area contributed by atoms with E-state index in [1.807, 2.05) is 6.92 Å². The number of benzene rings is 2. The van der Waals surface area contributed by atoms with Crippen LogP contribution in [-0.4, -0.2) is 27.1 Å². The first-order valence-electron chi connectivity index (χ1n) is 10.0. The second kappa shape index (κ2) is 9.58. The summed E-state index contributed by atoms with van der Waals surface area (Å²) in [5, 5.41) is 3.52. The van der Waals surface area contributed by atoms with E-state index in [4.69, 9.17) is 23.2 Å². The molecule has 2 aromatic rings. The van der Waals surface area contributed by atoms with Crippen LogP contribution in [0.15, 0.2) is 36.4 Å². The van der Waals surface area contributed by atoms with E-state index in [1.54, 1.807) is 6.07 Å². The lowest BCUT2D eigenvalue weighted by atomic mass is 9.89. The van der Waals surface area contributed by atoms with Gasteiger partial charge >= 0.3 is 0 Å². The average molecular weight is 469 g/mol. The number of rotatable bonds is 7. The minimum atomic E-state index is -3.74. The number of anilines is 1. The summed E-state index contributed by atoms with van der Waals surface area (Å²) < 4.78 is 25.7. The van der Waals surface area contributed by atoms with E-state index in [9.17, 15) is 13.2 Å². The molecule has 0 saturated heterocycles. The first-order valence-corrected chi connectivity index (χ1v) is 12.6. The average Bonchev–Trinajstić information content (AvgIpc) is 2.71. The Labute approximate surface area is 188 Å². The van der Waals surface area contributed by atoms with E-state index in [-0.39, 0.29) is 23.3 Å². The molecule has 3 rings (SSSR count). The third kappa shape index (κ3) is 5.48. The van der Waals surface area contributed by atoms with Crippen LogP contribution in [0.2, 0.25) is 10.0 Å². The molecule has 0 spiro atoms. The number of hydrogen-bond acceptors (Lipinski definition) is 3. The molecule has 1 N–H and O–H groups in total. The lowest BCUT2D eigenvalue weighted by Gasteiger charge is -2.25. The molecule has 8 heteroatoms. The Morgan fingerprint density at radius 2 is 1.80 bits per heavy atom. The van der Waals surface area contributed by atoms with Crippen molar-refractivity contribution in [2.24, 2.45) is 0 Å². The zero-order valence-electron chi connectivity index (χ0n) is 17.1. The van der Waals surface area contributed by atoms with E-state index in [2.05, 4.69) is 23.5 Å². The summed E-state index contributed by atoms with van der Waals surface area (Å²) in [6.45, 7) is 1.62. The zero-order chi connectivity index (χ0) is 21.9. The van der Waals surface area contributed by atoms with Crippen LogP contribution in [0, 0.1) is 0 Å². The SMILES string of the molecule is CC[C@@H](NC(=O)CN(c1cc(Cl)ccc1Cl)S(C)(=O)=O)c1ccc2c(c1)CCCC2. The Hall–Kier alpha value is -1.76. The van der Waals surface area contributed by atoms with Crippen molar-refractivity contribution >= 4 is 44.8 Å². The summed E-state index contributed by atoms with van der Waals surface area (Å²) in [4.78, 5) is 12.8. The number of carbonyl (C=O) groups excluding carboxylic acids is 1. The fourth-order valence-electron chi connectivity index (χ4n) is 3.82. The van der Waals surface area contributed by atoms with Gasteiger partial charge in [0, 0.05) is 5.02 Å². The fraction of sp³-hybridized carbons (Fsp3) is 0.409.